The molecular formula is C30H27FN6O3S. The molecule has 41 heavy (non-hydrogen) atoms. The third kappa shape index (κ3) is 4.41. The number of piperidine rings is 1. The summed E-state index contributed by atoms with van der Waals surface area (Å²) in [5.74, 6) is 0.901. The lowest BCUT2D eigenvalue weighted by atomic mass is 9.65. The monoisotopic (exact) mass is 570 g/mol. The number of carbonyl (C=O) groups is 1. The number of ketones is 1. The number of nitrogens with zero attached hydrogens (tertiary/aromatic N) is 6. The number of aromatic nitrogens is 4. The van der Waals surface area contributed by atoms with Gasteiger partial charge in [0.05, 0.1) is 53.6 Å². The van der Waals surface area contributed by atoms with E-state index in [2.05, 4.69) is 15.1 Å². The van der Waals surface area contributed by atoms with Gasteiger partial charge in [-0.2, -0.15) is 5.10 Å². The average molecular weight is 571 g/mol. The summed E-state index contributed by atoms with van der Waals surface area (Å²) in [4.78, 5) is 25.7. The molecule has 3 aliphatic rings. The first-order valence-corrected chi connectivity index (χ1v) is 14.5. The molecule has 1 fully saturated rings. The summed E-state index contributed by atoms with van der Waals surface area (Å²) in [6, 6.07) is 13.3. The van der Waals surface area contributed by atoms with Crippen molar-refractivity contribution in [3.8, 4) is 11.4 Å². The molecule has 1 aliphatic carbocycles. The predicted molar refractivity (Wildman–Crippen MR) is 152 cm³/mol. The van der Waals surface area contributed by atoms with Crippen LogP contribution in [0.15, 0.2) is 77.6 Å². The largest absolute Gasteiger partial charge is 0.593 e. The molecule has 1 aromatic carbocycles. The molecule has 2 unspecified atom stereocenters. The number of hydrogen-bond acceptors (Lipinski definition) is 8. The van der Waals surface area contributed by atoms with Crippen molar-refractivity contribution in [1.82, 2.24) is 24.1 Å². The quantitative estimate of drug-likeness (QED) is 0.264. The number of likely N-dealkylation sites (N-methyl/N-ethyl adjacent to an activating group) is 1. The number of anilines is 1. The highest BCUT2D eigenvalue weighted by Crippen LogP contribution is 2.47. The summed E-state index contributed by atoms with van der Waals surface area (Å²) in [5, 5.41) is 4.59. The fraction of sp³-hybridized carbons (Fsp3) is 0.267. The van der Waals surface area contributed by atoms with Crippen LogP contribution in [0, 0.1) is 11.2 Å². The number of halogens is 1. The Balaban J connectivity index is 1.26. The van der Waals surface area contributed by atoms with Gasteiger partial charge >= 0.3 is 0 Å². The second kappa shape index (κ2) is 10.1. The summed E-state index contributed by atoms with van der Waals surface area (Å²) in [7, 11) is 1.95. The van der Waals surface area contributed by atoms with E-state index in [0.717, 1.165) is 34.9 Å². The number of pyridine rings is 2. The van der Waals surface area contributed by atoms with E-state index in [9.17, 15) is 13.7 Å². The fourth-order valence-corrected chi connectivity index (χ4v) is 7.19. The summed E-state index contributed by atoms with van der Waals surface area (Å²) in [6.45, 7) is 2.02. The SMILES string of the molecule is CN1CCOc2cc([S+]([O-])N3CCC4=Cc5c(cnn5-c5ccc(F)cc5)CC4(C(=O)c4ccccn4)C3)cnc21. The molecule has 4 aromatic rings. The maximum Gasteiger partial charge on any atom is 0.196 e. The Labute approximate surface area is 239 Å². The van der Waals surface area contributed by atoms with Crippen molar-refractivity contribution in [3.05, 3.63) is 95.5 Å². The van der Waals surface area contributed by atoms with Crippen molar-refractivity contribution in [2.45, 2.75) is 17.7 Å². The van der Waals surface area contributed by atoms with Crippen molar-refractivity contribution in [3.63, 3.8) is 0 Å². The van der Waals surface area contributed by atoms with Crippen LogP contribution in [-0.2, 0) is 17.8 Å². The van der Waals surface area contributed by atoms with Gasteiger partial charge < -0.3 is 14.2 Å². The van der Waals surface area contributed by atoms with Crippen molar-refractivity contribution in [1.29, 1.82) is 0 Å². The van der Waals surface area contributed by atoms with Gasteiger partial charge in [-0.15, -0.1) is 4.31 Å². The molecule has 0 spiro atoms. The zero-order chi connectivity index (χ0) is 28.1. The lowest BCUT2D eigenvalue weighted by Crippen LogP contribution is -2.53. The van der Waals surface area contributed by atoms with Crippen LogP contribution in [0.5, 0.6) is 5.75 Å². The highest BCUT2D eigenvalue weighted by Gasteiger charge is 2.51. The van der Waals surface area contributed by atoms with Crippen LogP contribution in [0.25, 0.3) is 11.8 Å². The molecule has 2 atom stereocenters. The van der Waals surface area contributed by atoms with E-state index < -0.39 is 16.8 Å². The Morgan fingerprint density at radius 2 is 1.98 bits per heavy atom. The Hall–Kier alpha value is -4.06. The first-order chi connectivity index (χ1) is 19.9. The summed E-state index contributed by atoms with van der Waals surface area (Å²) in [5.41, 5.74) is 2.84. The number of ether oxygens (including phenoxy) is 1. The molecule has 208 valence electrons. The Morgan fingerprint density at radius 3 is 2.78 bits per heavy atom. The molecule has 0 amide bonds. The van der Waals surface area contributed by atoms with E-state index in [0.29, 0.717) is 42.3 Å². The lowest BCUT2D eigenvalue weighted by Gasteiger charge is -2.44. The first kappa shape index (κ1) is 25.9. The second-order valence-corrected chi connectivity index (χ2v) is 12.0. The van der Waals surface area contributed by atoms with E-state index >= 15 is 0 Å². The van der Waals surface area contributed by atoms with Gasteiger partial charge in [0.2, 0.25) is 0 Å². The molecular weight excluding hydrogens is 543 g/mol. The predicted octanol–water partition coefficient (Wildman–Crippen LogP) is 3.87. The van der Waals surface area contributed by atoms with Gasteiger partial charge in [0.1, 0.15) is 18.1 Å². The van der Waals surface area contributed by atoms with Crippen LogP contribution in [0.3, 0.4) is 0 Å². The number of Topliss-reactive ketones (excluding diaryl/α,β-unsaturated/α-hetero) is 1. The zero-order valence-corrected chi connectivity index (χ0v) is 23.2. The Kier molecular flexibility index (Phi) is 6.37. The average Bonchev–Trinajstić information content (AvgIpc) is 3.41. The molecule has 1 saturated heterocycles. The third-order valence-corrected chi connectivity index (χ3v) is 9.48. The lowest BCUT2D eigenvalue weighted by molar-refractivity contribution is 0.0770. The minimum atomic E-state index is -1.56. The van der Waals surface area contributed by atoms with Gasteiger partial charge in [-0.1, -0.05) is 11.6 Å². The van der Waals surface area contributed by atoms with E-state index in [1.807, 2.05) is 22.3 Å². The smallest absolute Gasteiger partial charge is 0.196 e. The molecule has 0 saturated carbocycles. The molecule has 0 bridgehead atoms. The number of carbonyl (C=O) groups excluding carboxylic acids is 1. The van der Waals surface area contributed by atoms with Crippen LogP contribution in [0.2, 0.25) is 0 Å². The summed E-state index contributed by atoms with van der Waals surface area (Å²) < 4.78 is 37.0. The maximum atomic E-state index is 14.3. The normalized spacial score (nSPS) is 20.8. The van der Waals surface area contributed by atoms with Crippen LogP contribution in [0.1, 0.15) is 28.2 Å². The minimum absolute atomic E-state index is 0.111. The number of hydrogen-bond donors (Lipinski definition) is 0. The summed E-state index contributed by atoms with van der Waals surface area (Å²) >= 11 is -1.56. The molecule has 11 heteroatoms. The van der Waals surface area contributed by atoms with Gasteiger partial charge in [0.25, 0.3) is 0 Å². The molecule has 5 heterocycles. The van der Waals surface area contributed by atoms with Crippen molar-refractivity contribution in [2.24, 2.45) is 5.41 Å². The summed E-state index contributed by atoms with van der Waals surface area (Å²) in [6.07, 6.45) is 7.95. The Morgan fingerprint density at radius 1 is 1.12 bits per heavy atom. The van der Waals surface area contributed by atoms with E-state index in [1.165, 1.54) is 12.1 Å². The van der Waals surface area contributed by atoms with Gasteiger partial charge in [-0.05, 0) is 60.9 Å². The van der Waals surface area contributed by atoms with E-state index in [-0.39, 0.29) is 18.1 Å². The van der Waals surface area contributed by atoms with Crippen LogP contribution >= 0.6 is 0 Å². The molecule has 0 N–H and O–H groups in total. The van der Waals surface area contributed by atoms with Crippen LogP contribution < -0.4 is 9.64 Å². The second-order valence-electron chi connectivity index (χ2n) is 10.5. The van der Waals surface area contributed by atoms with Crippen molar-refractivity contribution >= 4 is 29.0 Å². The van der Waals surface area contributed by atoms with Gasteiger partial charge in [0.15, 0.2) is 22.2 Å². The third-order valence-electron chi connectivity index (χ3n) is 8.07. The van der Waals surface area contributed by atoms with E-state index in [1.54, 1.807) is 59.7 Å². The number of rotatable bonds is 5. The van der Waals surface area contributed by atoms with Crippen LogP contribution in [0.4, 0.5) is 10.2 Å². The highest BCUT2D eigenvalue weighted by molar-refractivity contribution is 7.89. The number of fused-ring (bicyclic) bond motifs is 3. The van der Waals surface area contributed by atoms with Crippen LogP contribution in [-0.4, -0.2) is 67.7 Å². The minimum Gasteiger partial charge on any atom is -0.593 e. The van der Waals surface area contributed by atoms with Gasteiger partial charge in [-0.3, -0.25) is 9.78 Å². The van der Waals surface area contributed by atoms with Gasteiger partial charge in [0, 0.05) is 25.9 Å². The zero-order valence-electron chi connectivity index (χ0n) is 22.4. The molecule has 7 rings (SSSR count). The topological polar surface area (TPSA) is 99.4 Å². The maximum absolute atomic E-state index is 14.3. The van der Waals surface area contributed by atoms with Crippen molar-refractivity contribution in [2.75, 3.05) is 38.2 Å². The van der Waals surface area contributed by atoms with E-state index in [4.69, 9.17) is 4.74 Å². The van der Waals surface area contributed by atoms with Crippen molar-refractivity contribution < 1.29 is 18.5 Å². The molecule has 0 radical (unpaired) electrons. The van der Waals surface area contributed by atoms with Gasteiger partial charge in [-0.25, -0.2) is 14.1 Å². The molecule has 9 nitrogen and oxygen atoms in total. The highest BCUT2D eigenvalue weighted by atomic mass is 32.2. The first-order valence-electron chi connectivity index (χ1n) is 13.4. The molecule has 2 aliphatic heterocycles. The Bertz CT molecular complexity index is 1660. The molecule has 3 aromatic heterocycles. The fourth-order valence-electron chi connectivity index (χ4n) is 5.94. The number of benzene rings is 1. The standard InChI is InChI=1S/C30H27FN6O3S/c1-35-12-13-40-27-15-24(18-33-29(27)35)41(39)36-11-9-21-14-26-20(17-34-37(26)23-7-5-22(31)6-8-23)16-30(21,19-36)28(38)25-4-2-3-10-32-25/h2-8,10,14-15,17-18H,9,11-13,16,19H2,1H3.